The number of ether oxygens (including phenoxy) is 1. The van der Waals surface area contributed by atoms with Gasteiger partial charge in [-0.05, 0) is 37.1 Å². The van der Waals surface area contributed by atoms with Gasteiger partial charge in [0.15, 0.2) is 0 Å². The molecule has 136 valence electrons. The van der Waals surface area contributed by atoms with Crippen LogP contribution in [0.3, 0.4) is 0 Å². The predicted molar refractivity (Wildman–Crippen MR) is 94.2 cm³/mol. The van der Waals surface area contributed by atoms with E-state index in [1.807, 2.05) is 45.0 Å². The molecular weight excluding hydrogens is 399 g/mol. The number of hydrogen-bond acceptors (Lipinski definition) is 4. The number of aromatic nitrogens is 2. The van der Waals surface area contributed by atoms with Gasteiger partial charge in [-0.15, -0.1) is 0 Å². The third-order valence-corrected chi connectivity index (χ3v) is 3.82. The molecule has 2 rings (SSSR count). The number of halogens is 4. The van der Waals surface area contributed by atoms with Crippen molar-refractivity contribution in [3.63, 3.8) is 0 Å². The summed E-state index contributed by atoms with van der Waals surface area (Å²) in [5.74, 6) is -0.202. The number of benzene rings is 1. The van der Waals surface area contributed by atoms with Crippen LogP contribution in [-0.4, -0.2) is 23.1 Å². The Balaban J connectivity index is 2.42. The lowest BCUT2D eigenvalue weighted by molar-refractivity contribution is -0.139. The molecular formula is C17H19BrF3N3O. The molecule has 0 atom stereocenters. The van der Waals surface area contributed by atoms with E-state index in [-0.39, 0.29) is 18.5 Å². The van der Waals surface area contributed by atoms with Gasteiger partial charge in [0.1, 0.15) is 5.56 Å². The first-order valence-electron chi connectivity index (χ1n) is 7.82. The van der Waals surface area contributed by atoms with Crippen molar-refractivity contribution in [2.24, 2.45) is 5.92 Å². The average Bonchev–Trinajstić information content (AvgIpc) is 2.54. The minimum absolute atomic E-state index is 0.0771. The van der Waals surface area contributed by atoms with Crippen molar-refractivity contribution in [1.29, 1.82) is 0 Å². The Kier molecular flexibility index (Phi) is 6.26. The molecule has 0 unspecified atom stereocenters. The predicted octanol–water partition coefficient (Wildman–Crippen LogP) is 5.45. The molecule has 0 bridgehead atoms. The molecule has 25 heavy (non-hydrogen) atoms. The fourth-order valence-corrected chi connectivity index (χ4v) is 2.36. The van der Waals surface area contributed by atoms with Crippen molar-refractivity contribution in [1.82, 2.24) is 9.97 Å². The largest absolute Gasteiger partial charge is 0.477 e. The van der Waals surface area contributed by atoms with Crippen molar-refractivity contribution >= 4 is 27.6 Å². The zero-order chi connectivity index (χ0) is 18.6. The molecule has 0 saturated carbocycles. The van der Waals surface area contributed by atoms with Crippen molar-refractivity contribution in [3.05, 3.63) is 40.5 Å². The molecule has 1 aromatic heterocycles. The van der Waals surface area contributed by atoms with Gasteiger partial charge in [0, 0.05) is 22.9 Å². The third-order valence-electron chi connectivity index (χ3n) is 3.30. The second kappa shape index (κ2) is 8.03. The van der Waals surface area contributed by atoms with Crippen LogP contribution in [0.4, 0.5) is 24.8 Å². The lowest BCUT2D eigenvalue weighted by Gasteiger charge is -2.22. The summed E-state index contributed by atoms with van der Waals surface area (Å²) < 4.78 is 45.7. The highest BCUT2D eigenvalue weighted by Gasteiger charge is 2.36. The highest BCUT2D eigenvalue weighted by atomic mass is 79.9. The first kappa shape index (κ1) is 19.5. The van der Waals surface area contributed by atoms with Crippen molar-refractivity contribution in [2.75, 3.05) is 18.1 Å². The number of rotatable bonds is 6. The Morgan fingerprint density at radius 3 is 2.36 bits per heavy atom. The fourth-order valence-electron chi connectivity index (χ4n) is 2.10. The Bertz CT molecular complexity index is 705. The zero-order valence-electron chi connectivity index (χ0n) is 14.1. The maximum Gasteiger partial charge on any atom is 0.423 e. The molecule has 1 heterocycles. The average molecular weight is 418 g/mol. The zero-order valence-corrected chi connectivity index (χ0v) is 15.7. The van der Waals surface area contributed by atoms with Crippen LogP contribution in [0, 0.1) is 5.92 Å². The van der Waals surface area contributed by atoms with Crippen LogP contribution >= 0.6 is 15.9 Å². The van der Waals surface area contributed by atoms with Crippen molar-refractivity contribution < 1.29 is 17.9 Å². The lowest BCUT2D eigenvalue weighted by Crippen LogP contribution is -2.21. The van der Waals surface area contributed by atoms with Gasteiger partial charge in [0.2, 0.25) is 11.8 Å². The molecule has 0 fully saturated rings. The Morgan fingerprint density at radius 1 is 1.20 bits per heavy atom. The summed E-state index contributed by atoms with van der Waals surface area (Å²) in [6.45, 7) is 6.23. The first-order chi connectivity index (χ1) is 11.7. The second-order valence-corrected chi connectivity index (χ2v) is 6.73. The summed E-state index contributed by atoms with van der Waals surface area (Å²) >= 11 is 3.35. The molecule has 0 radical (unpaired) electrons. The van der Waals surface area contributed by atoms with E-state index in [9.17, 15) is 13.2 Å². The molecule has 0 saturated heterocycles. The quantitative estimate of drug-likeness (QED) is 0.626. The normalized spacial score (nSPS) is 11.7. The van der Waals surface area contributed by atoms with E-state index in [0.29, 0.717) is 6.54 Å². The maximum atomic E-state index is 13.2. The van der Waals surface area contributed by atoms with Crippen LogP contribution in [0.1, 0.15) is 26.3 Å². The Hall–Kier alpha value is -1.83. The summed E-state index contributed by atoms with van der Waals surface area (Å²) in [5.41, 5.74) is -0.191. The number of hydrogen-bond donors (Lipinski definition) is 0. The van der Waals surface area contributed by atoms with Gasteiger partial charge < -0.3 is 9.64 Å². The summed E-state index contributed by atoms with van der Waals surface area (Å²) in [5, 5.41) is 0. The highest BCUT2D eigenvalue weighted by Crippen LogP contribution is 2.36. The molecule has 0 N–H and O–H groups in total. The van der Waals surface area contributed by atoms with Crippen LogP contribution in [0.25, 0.3) is 0 Å². The fraction of sp³-hybridized carbons (Fsp3) is 0.412. The van der Waals surface area contributed by atoms with E-state index in [0.717, 1.165) is 16.4 Å². The molecule has 0 spiro atoms. The van der Waals surface area contributed by atoms with Gasteiger partial charge in [0.25, 0.3) is 0 Å². The highest BCUT2D eigenvalue weighted by molar-refractivity contribution is 9.10. The smallest absolute Gasteiger partial charge is 0.423 e. The Morgan fingerprint density at radius 2 is 1.84 bits per heavy atom. The third kappa shape index (κ3) is 5.07. The number of nitrogens with zero attached hydrogens (tertiary/aromatic N) is 3. The monoisotopic (exact) mass is 417 g/mol. The SMILES string of the molecule is CCN(c1ccc(Br)cc1)c1ncc(C(F)(F)F)c(OCC(C)C)n1. The number of anilines is 2. The van der Waals surface area contributed by atoms with E-state index in [4.69, 9.17) is 4.74 Å². The molecule has 4 nitrogen and oxygen atoms in total. The second-order valence-electron chi connectivity index (χ2n) is 5.81. The van der Waals surface area contributed by atoms with Crippen LogP contribution < -0.4 is 9.64 Å². The maximum absolute atomic E-state index is 13.2. The molecule has 0 aliphatic carbocycles. The summed E-state index contributed by atoms with van der Waals surface area (Å²) in [7, 11) is 0. The topological polar surface area (TPSA) is 38.2 Å². The molecule has 8 heteroatoms. The van der Waals surface area contributed by atoms with Gasteiger partial charge in [-0.3, -0.25) is 0 Å². The minimum Gasteiger partial charge on any atom is -0.477 e. The first-order valence-corrected chi connectivity index (χ1v) is 8.61. The van der Waals surface area contributed by atoms with Gasteiger partial charge in [-0.1, -0.05) is 29.8 Å². The summed E-state index contributed by atoms with van der Waals surface area (Å²) in [6.07, 6.45) is -3.79. The summed E-state index contributed by atoms with van der Waals surface area (Å²) in [6, 6.07) is 7.36. The van der Waals surface area contributed by atoms with Crippen LogP contribution in [-0.2, 0) is 6.18 Å². The standard InChI is InChI=1S/C17H19BrF3N3O/c1-4-24(13-7-5-12(18)6-8-13)16-22-9-14(17(19,20)21)15(23-16)25-10-11(2)3/h5-9,11H,4,10H2,1-3H3. The molecule has 0 amide bonds. The van der Waals surface area contributed by atoms with Crippen LogP contribution in [0.15, 0.2) is 34.9 Å². The van der Waals surface area contributed by atoms with Gasteiger partial charge in [-0.2, -0.15) is 18.2 Å². The van der Waals surface area contributed by atoms with Gasteiger partial charge in [-0.25, -0.2) is 4.98 Å². The molecule has 1 aromatic carbocycles. The van der Waals surface area contributed by atoms with E-state index >= 15 is 0 Å². The van der Waals surface area contributed by atoms with Crippen molar-refractivity contribution in [2.45, 2.75) is 26.9 Å². The molecule has 0 aliphatic heterocycles. The van der Waals surface area contributed by atoms with E-state index in [2.05, 4.69) is 25.9 Å². The lowest BCUT2D eigenvalue weighted by atomic mass is 10.2. The van der Waals surface area contributed by atoms with E-state index in [1.54, 1.807) is 4.90 Å². The van der Waals surface area contributed by atoms with Gasteiger partial charge >= 0.3 is 6.18 Å². The molecule has 2 aromatic rings. The molecule has 0 aliphatic rings. The van der Waals surface area contributed by atoms with Crippen molar-refractivity contribution in [3.8, 4) is 5.88 Å². The number of alkyl halides is 3. The minimum atomic E-state index is -4.57. The summed E-state index contributed by atoms with van der Waals surface area (Å²) in [4.78, 5) is 9.67. The van der Waals surface area contributed by atoms with Gasteiger partial charge in [0.05, 0.1) is 6.61 Å². The van der Waals surface area contributed by atoms with E-state index < -0.39 is 17.6 Å². The van der Waals surface area contributed by atoms with Crippen LogP contribution in [0.2, 0.25) is 0 Å². The Labute approximate surface area is 153 Å². The van der Waals surface area contributed by atoms with E-state index in [1.165, 1.54) is 0 Å². The van der Waals surface area contributed by atoms with Crippen LogP contribution in [0.5, 0.6) is 5.88 Å².